The van der Waals surface area contributed by atoms with Crippen LogP contribution in [0.5, 0.6) is 11.5 Å². The SMILES string of the molecule is CCOc1cc(/C=C/C(=O)O)cc2c1OC(C)C(=O)N2. The van der Waals surface area contributed by atoms with Crippen molar-refractivity contribution >= 4 is 23.6 Å². The van der Waals surface area contributed by atoms with Crippen molar-refractivity contribution in [2.75, 3.05) is 11.9 Å². The molecule has 6 heteroatoms. The van der Waals surface area contributed by atoms with Gasteiger partial charge in [-0.05, 0) is 37.6 Å². The molecule has 2 N–H and O–H groups in total. The first kappa shape index (κ1) is 13.9. The molecule has 0 aromatic heterocycles. The highest BCUT2D eigenvalue weighted by molar-refractivity contribution is 5.98. The van der Waals surface area contributed by atoms with Crippen molar-refractivity contribution in [3.05, 3.63) is 23.8 Å². The quantitative estimate of drug-likeness (QED) is 0.821. The van der Waals surface area contributed by atoms with Gasteiger partial charge in [0, 0.05) is 6.08 Å². The summed E-state index contributed by atoms with van der Waals surface area (Å²) in [7, 11) is 0. The summed E-state index contributed by atoms with van der Waals surface area (Å²) in [4.78, 5) is 22.2. The van der Waals surface area contributed by atoms with Crippen LogP contribution in [0.25, 0.3) is 6.08 Å². The number of anilines is 1. The van der Waals surface area contributed by atoms with E-state index >= 15 is 0 Å². The van der Waals surface area contributed by atoms with Crippen LogP contribution in [0.1, 0.15) is 19.4 Å². The van der Waals surface area contributed by atoms with Gasteiger partial charge in [0.05, 0.1) is 12.3 Å². The van der Waals surface area contributed by atoms with E-state index in [0.717, 1.165) is 6.08 Å². The van der Waals surface area contributed by atoms with E-state index < -0.39 is 12.1 Å². The first-order valence-electron chi connectivity index (χ1n) is 6.20. The Morgan fingerprint density at radius 3 is 2.95 bits per heavy atom. The van der Waals surface area contributed by atoms with Crippen LogP contribution in [-0.4, -0.2) is 29.7 Å². The number of hydrogen-bond acceptors (Lipinski definition) is 4. The summed E-state index contributed by atoms with van der Waals surface area (Å²) in [6.07, 6.45) is 1.85. The maximum atomic E-state index is 11.6. The number of benzene rings is 1. The summed E-state index contributed by atoms with van der Waals surface area (Å²) in [5.41, 5.74) is 1.08. The number of ether oxygens (including phenoxy) is 2. The molecule has 0 spiro atoms. The maximum Gasteiger partial charge on any atom is 0.328 e. The molecular weight excluding hydrogens is 262 g/mol. The highest BCUT2D eigenvalue weighted by Crippen LogP contribution is 2.40. The Kier molecular flexibility index (Phi) is 3.93. The van der Waals surface area contributed by atoms with E-state index in [1.165, 1.54) is 6.08 Å². The fourth-order valence-electron chi connectivity index (χ4n) is 1.83. The molecule has 1 aromatic carbocycles. The van der Waals surface area contributed by atoms with Gasteiger partial charge in [-0.3, -0.25) is 4.79 Å². The number of carbonyl (C=O) groups excluding carboxylic acids is 1. The molecular formula is C14H15NO5. The Hall–Kier alpha value is -2.50. The first-order chi connectivity index (χ1) is 9.51. The standard InChI is InChI=1S/C14H15NO5/c1-3-19-11-7-9(4-5-12(16)17)6-10-13(11)20-8(2)14(18)15-10/h4-8H,3H2,1-2H3,(H,15,18)(H,16,17)/b5-4+. The fraction of sp³-hybridized carbons (Fsp3) is 0.286. The van der Waals surface area contributed by atoms with Gasteiger partial charge >= 0.3 is 5.97 Å². The molecule has 1 atom stereocenters. The van der Waals surface area contributed by atoms with Gasteiger partial charge in [0.1, 0.15) is 0 Å². The van der Waals surface area contributed by atoms with Crippen molar-refractivity contribution in [3.8, 4) is 11.5 Å². The van der Waals surface area contributed by atoms with Crippen molar-refractivity contribution in [2.45, 2.75) is 20.0 Å². The summed E-state index contributed by atoms with van der Waals surface area (Å²) in [5, 5.41) is 11.4. The second-order valence-corrected chi connectivity index (χ2v) is 4.25. The zero-order valence-electron chi connectivity index (χ0n) is 11.2. The lowest BCUT2D eigenvalue weighted by Crippen LogP contribution is -2.34. The van der Waals surface area contributed by atoms with E-state index in [2.05, 4.69) is 5.32 Å². The number of fused-ring (bicyclic) bond motifs is 1. The minimum atomic E-state index is -1.05. The Morgan fingerprint density at radius 1 is 1.55 bits per heavy atom. The smallest absolute Gasteiger partial charge is 0.328 e. The molecule has 0 bridgehead atoms. The molecule has 1 aliphatic heterocycles. The van der Waals surface area contributed by atoms with Gasteiger partial charge in [0.15, 0.2) is 17.6 Å². The number of rotatable bonds is 4. The molecule has 106 valence electrons. The number of nitrogens with one attached hydrogen (secondary N) is 1. The summed E-state index contributed by atoms with van der Waals surface area (Å²) < 4.78 is 11.0. The Labute approximate surface area is 116 Å². The Bertz CT molecular complexity index is 579. The third-order valence-corrected chi connectivity index (χ3v) is 2.72. The molecule has 1 heterocycles. The van der Waals surface area contributed by atoms with Crippen molar-refractivity contribution in [1.29, 1.82) is 0 Å². The van der Waals surface area contributed by atoms with Gasteiger partial charge in [0.25, 0.3) is 5.91 Å². The normalized spacial score (nSPS) is 17.3. The zero-order valence-corrected chi connectivity index (χ0v) is 11.2. The maximum absolute atomic E-state index is 11.6. The molecule has 0 saturated heterocycles. The van der Waals surface area contributed by atoms with E-state index in [1.807, 2.05) is 6.92 Å². The molecule has 1 unspecified atom stereocenters. The third kappa shape index (κ3) is 2.90. The number of carboxylic acids is 1. The van der Waals surface area contributed by atoms with Crippen molar-refractivity contribution in [3.63, 3.8) is 0 Å². The van der Waals surface area contributed by atoms with E-state index in [1.54, 1.807) is 19.1 Å². The topological polar surface area (TPSA) is 84.9 Å². The lowest BCUT2D eigenvalue weighted by atomic mass is 10.1. The van der Waals surface area contributed by atoms with Crippen LogP contribution >= 0.6 is 0 Å². The second kappa shape index (κ2) is 5.64. The largest absolute Gasteiger partial charge is 0.490 e. The summed E-state index contributed by atoms with van der Waals surface area (Å²) in [6, 6.07) is 3.31. The van der Waals surface area contributed by atoms with E-state index in [0.29, 0.717) is 29.4 Å². The molecule has 2 rings (SSSR count). The van der Waals surface area contributed by atoms with Crippen LogP contribution in [0.2, 0.25) is 0 Å². The molecule has 1 aliphatic rings. The third-order valence-electron chi connectivity index (χ3n) is 2.72. The number of aliphatic carboxylic acids is 1. The number of carbonyl (C=O) groups is 2. The van der Waals surface area contributed by atoms with Gasteiger partial charge in [-0.2, -0.15) is 0 Å². The van der Waals surface area contributed by atoms with Crippen LogP contribution < -0.4 is 14.8 Å². The molecule has 0 radical (unpaired) electrons. The predicted molar refractivity (Wildman–Crippen MR) is 73.0 cm³/mol. The van der Waals surface area contributed by atoms with Gasteiger partial charge in [-0.25, -0.2) is 4.79 Å². The molecule has 1 aromatic rings. The Balaban J connectivity index is 2.44. The molecule has 0 saturated carbocycles. The number of hydrogen-bond donors (Lipinski definition) is 2. The molecule has 20 heavy (non-hydrogen) atoms. The predicted octanol–water partition coefficient (Wildman–Crippen LogP) is 1.90. The monoisotopic (exact) mass is 277 g/mol. The van der Waals surface area contributed by atoms with Gasteiger partial charge in [0.2, 0.25) is 0 Å². The van der Waals surface area contributed by atoms with Crippen LogP contribution in [-0.2, 0) is 9.59 Å². The number of amides is 1. The lowest BCUT2D eigenvalue weighted by molar-refractivity contribution is -0.131. The molecule has 0 aliphatic carbocycles. The van der Waals surface area contributed by atoms with E-state index in [4.69, 9.17) is 14.6 Å². The van der Waals surface area contributed by atoms with Gasteiger partial charge in [-0.15, -0.1) is 0 Å². The average Bonchev–Trinajstić information content (AvgIpc) is 2.39. The van der Waals surface area contributed by atoms with Crippen LogP contribution in [0.4, 0.5) is 5.69 Å². The average molecular weight is 277 g/mol. The van der Waals surface area contributed by atoms with Gasteiger partial charge in [-0.1, -0.05) is 0 Å². The zero-order chi connectivity index (χ0) is 14.7. The summed E-state index contributed by atoms with van der Waals surface area (Å²) >= 11 is 0. The van der Waals surface area contributed by atoms with Crippen molar-refractivity contribution in [2.24, 2.45) is 0 Å². The first-order valence-corrected chi connectivity index (χ1v) is 6.20. The van der Waals surface area contributed by atoms with Crippen LogP contribution in [0.3, 0.4) is 0 Å². The summed E-state index contributed by atoms with van der Waals surface area (Å²) in [6.45, 7) is 3.91. The summed E-state index contributed by atoms with van der Waals surface area (Å²) in [5.74, 6) is -0.359. The van der Waals surface area contributed by atoms with Crippen molar-refractivity contribution in [1.82, 2.24) is 0 Å². The second-order valence-electron chi connectivity index (χ2n) is 4.25. The minimum Gasteiger partial charge on any atom is -0.490 e. The van der Waals surface area contributed by atoms with E-state index in [9.17, 15) is 9.59 Å². The lowest BCUT2D eigenvalue weighted by Gasteiger charge is -2.25. The highest BCUT2D eigenvalue weighted by Gasteiger charge is 2.26. The minimum absolute atomic E-state index is 0.251. The molecule has 1 amide bonds. The van der Waals surface area contributed by atoms with Crippen molar-refractivity contribution < 1.29 is 24.2 Å². The highest BCUT2D eigenvalue weighted by atomic mass is 16.5. The molecule has 0 fully saturated rings. The Morgan fingerprint density at radius 2 is 2.30 bits per heavy atom. The van der Waals surface area contributed by atoms with Crippen LogP contribution in [0, 0.1) is 0 Å². The molecule has 6 nitrogen and oxygen atoms in total. The number of carboxylic acid groups (broad SMARTS) is 1. The van der Waals surface area contributed by atoms with Gasteiger partial charge < -0.3 is 19.9 Å². The fourth-order valence-corrected chi connectivity index (χ4v) is 1.83. The van der Waals surface area contributed by atoms with Crippen LogP contribution in [0.15, 0.2) is 18.2 Å². The van der Waals surface area contributed by atoms with E-state index in [-0.39, 0.29) is 5.91 Å².